The maximum Gasteiger partial charge on any atom is 0.0635 e. The van der Waals surface area contributed by atoms with Gasteiger partial charge < -0.3 is 16.8 Å². The lowest BCUT2D eigenvalue weighted by Crippen LogP contribution is -2.33. The fourth-order valence-electron chi connectivity index (χ4n) is 2.02. The van der Waals surface area contributed by atoms with Gasteiger partial charge in [-0.15, -0.1) is 0 Å². The second-order valence-electron chi connectivity index (χ2n) is 4.54. The molecule has 104 valence electrons. The molecule has 0 fully saturated rings. The molecule has 5 N–H and O–H groups in total. The predicted octanol–water partition coefficient (Wildman–Crippen LogP) is 1.24. The minimum absolute atomic E-state index is 0.0720. The molecule has 18 heavy (non-hydrogen) atoms. The third-order valence-electron chi connectivity index (χ3n) is 2.90. The zero-order valence-corrected chi connectivity index (χ0v) is 11.8. The van der Waals surface area contributed by atoms with E-state index < -0.39 is 0 Å². The van der Waals surface area contributed by atoms with E-state index in [1.807, 2.05) is 7.05 Å². The topological polar surface area (TPSA) is 76.4 Å². The van der Waals surface area contributed by atoms with Gasteiger partial charge in [0.15, 0.2) is 0 Å². The van der Waals surface area contributed by atoms with Crippen LogP contribution < -0.4 is 16.8 Å². The van der Waals surface area contributed by atoms with Gasteiger partial charge in [-0.05, 0) is 37.8 Å². The van der Waals surface area contributed by atoms with Crippen molar-refractivity contribution in [1.29, 1.82) is 0 Å². The van der Waals surface area contributed by atoms with Crippen molar-refractivity contribution in [3.8, 4) is 0 Å². The number of nitrogens with zero attached hydrogens (tertiary/aromatic N) is 1. The minimum atomic E-state index is 0.0720. The van der Waals surface area contributed by atoms with Crippen molar-refractivity contribution in [3.63, 3.8) is 0 Å². The summed E-state index contributed by atoms with van der Waals surface area (Å²) >= 11 is 0. The highest BCUT2D eigenvalue weighted by atomic mass is 14.9. The van der Waals surface area contributed by atoms with E-state index in [9.17, 15) is 0 Å². The van der Waals surface area contributed by atoms with Crippen LogP contribution in [0.1, 0.15) is 26.2 Å². The van der Waals surface area contributed by atoms with Gasteiger partial charge in [-0.2, -0.15) is 0 Å². The van der Waals surface area contributed by atoms with Crippen LogP contribution in [0.25, 0.3) is 0 Å². The molecule has 4 heteroatoms. The quantitative estimate of drug-likeness (QED) is 0.404. The molecule has 0 aliphatic rings. The molecular weight excluding hydrogens is 224 g/mol. The maximum absolute atomic E-state index is 6.04. The summed E-state index contributed by atoms with van der Waals surface area (Å²) in [4.78, 5) is 3.98. The number of hydrogen-bond donors (Lipinski definition) is 3. The Morgan fingerprint density at radius 2 is 2.11 bits per heavy atom. The molecule has 0 heterocycles. The van der Waals surface area contributed by atoms with Crippen molar-refractivity contribution in [2.45, 2.75) is 32.2 Å². The molecule has 0 aliphatic heterocycles. The molecule has 0 aromatic rings. The number of nitrogens with two attached hydrogens (primary N) is 2. The zero-order chi connectivity index (χ0) is 14.0. The van der Waals surface area contributed by atoms with E-state index >= 15 is 0 Å². The van der Waals surface area contributed by atoms with E-state index in [0.717, 1.165) is 42.5 Å². The van der Waals surface area contributed by atoms with Crippen molar-refractivity contribution in [2.24, 2.45) is 16.5 Å². The Labute approximate surface area is 111 Å². The number of rotatable bonds is 10. The summed E-state index contributed by atoms with van der Waals surface area (Å²) in [5.41, 5.74) is 15.3. The molecule has 0 aromatic carbocycles. The van der Waals surface area contributed by atoms with Gasteiger partial charge in [0.25, 0.3) is 0 Å². The van der Waals surface area contributed by atoms with Crippen LogP contribution in [-0.2, 0) is 0 Å². The van der Waals surface area contributed by atoms with Gasteiger partial charge in [-0.3, -0.25) is 4.99 Å². The van der Waals surface area contributed by atoms with Crippen LogP contribution in [0.15, 0.2) is 28.3 Å². The molecule has 0 aromatic heterocycles. The zero-order valence-electron chi connectivity index (χ0n) is 11.8. The van der Waals surface area contributed by atoms with Gasteiger partial charge >= 0.3 is 0 Å². The monoisotopic (exact) mass is 252 g/mol. The summed E-state index contributed by atoms with van der Waals surface area (Å²) in [6.45, 7) is 11.7. The number of nitrogens with one attached hydrogen (secondary N) is 1. The van der Waals surface area contributed by atoms with Crippen LogP contribution >= 0.6 is 0 Å². The molecule has 1 atom stereocenters. The van der Waals surface area contributed by atoms with Crippen molar-refractivity contribution in [1.82, 2.24) is 5.32 Å². The van der Waals surface area contributed by atoms with Gasteiger partial charge in [0.2, 0.25) is 0 Å². The molecule has 0 amide bonds. The molecule has 0 spiro atoms. The minimum Gasteiger partial charge on any atom is -0.327 e. The predicted molar refractivity (Wildman–Crippen MR) is 81.1 cm³/mol. The molecule has 0 saturated carbocycles. The third kappa shape index (κ3) is 6.10. The van der Waals surface area contributed by atoms with Crippen LogP contribution in [0.4, 0.5) is 0 Å². The first-order chi connectivity index (χ1) is 8.60. The fraction of sp³-hybridized carbons (Fsp3) is 0.643. The van der Waals surface area contributed by atoms with Crippen LogP contribution in [0.5, 0.6) is 0 Å². The maximum atomic E-state index is 6.04. The fourth-order valence-corrected chi connectivity index (χ4v) is 2.02. The first kappa shape index (κ1) is 17.0. The van der Waals surface area contributed by atoms with Gasteiger partial charge in [0.05, 0.1) is 6.54 Å². The summed E-state index contributed by atoms with van der Waals surface area (Å²) in [5.74, 6) is 0. The molecule has 1 unspecified atom stereocenters. The SMILES string of the molecule is C=NC/C(C(=C)CCC)=C(\CN)CC(N)CNC. The van der Waals surface area contributed by atoms with E-state index in [1.165, 1.54) is 0 Å². The number of likely N-dealkylation sites (N-methyl/N-ethyl adjacent to an activating group) is 1. The Kier molecular flexibility index (Phi) is 9.46. The third-order valence-corrected chi connectivity index (χ3v) is 2.90. The second kappa shape index (κ2) is 10.00. The number of hydrogen-bond acceptors (Lipinski definition) is 4. The number of aliphatic imine (C=N–C) groups is 1. The van der Waals surface area contributed by atoms with Crippen molar-refractivity contribution >= 4 is 6.72 Å². The smallest absolute Gasteiger partial charge is 0.0635 e. The van der Waals surface area contributed by atoms with E-state index in [4.69, 9.17) is 11.5 Å². The van der Waals surface area contributed by atoms with Crippen LogP contribution in [0.2, 0.25) is 0 Å². The Balaban J connectivity index is 4.96. The summed E-state index contributed by atoms with van der Waals surface area (Å²) < 4.78 is 0. The average molecular weight is 252 g/mol. The molecule has 0 radical (unpaired) electrons. The van der Waals surface area contributed by atoms with Gasteiger partial charge in [0.1, 0.15) is 0 Å². The van der Waals surface area contributed by atoms with Gasteiger partial charge in [0, 0.05) is 19.1 Å². The highest BCUT2D eigenvalue weighted by Crippen LogP contribution is 2.20. The lowest BCUT2D eigenvalue weighted by atomic mass is 9.93. The van der Waals surface area contributed by atoms with Crippen LogP contribution in [0, 0.1) is 0 Å². The molecule has 0 rings (SSSR count). The van der Waals surface area contributed by atoms with E-state index in [-0.39, 0.29) is 6.04 Å². The highest BCUT2D eigenvalue weighted by Gasteiger charge is 2.12. The highest BCUT2D eigenvalue weighted by molar-refractivity contribution is 5.38. The Hall–Kier alpha value is -0.970. The molecular formula is C14H28N4. The lowest BCUT2D eigenvalue weighted by molar-refractivity contribution is 0.605. The first-order valence-corrected chi connectivity index (χ1v) is 6.52. The molecule has 0 aliphatic carbocycles. The Morgan fingerprint density at radius 1 is 1.44 bits per heavy atom. The van der Waals surface area contributed by atoms with E-state index in [2.05, 4.69) is 30.5 Å². The van der Waals surface area contributed by atoms with E-state index in [0.29, 0.717) is 13.1 Å². The standard InChI is InChI=1S/C14H28N4/c1-5-6-11(2)14(10-18-4)12(8-15)7-13(16)9-17-3/h13,17H,2,4-10,15-16H2,1,3H3/b14-12+. The van der Waals surface area contributed by atoms with Crippen molar-refractivity contribution in [3.05, 3.63) is 23.3 Å². The van der Waals surface area contributed by atoms with Gasteiger partial charge in [-0.1, -0.05) is 25.5 Å². The molecule has 4 nitrogen and oxygen atoms in total. The normalized spacial score (nSPS) is 14.0. The summed E-state index contributed by atoms with van der Waals surface area (Å²) in [6.07, 6.45) is 2.82. The Bertz CT molecular complexity index is 294. The van der Waals surface area contributed by atoms with Crippen molar-refractivity contribution < 1.29 is 0 Å². The second-order valence-corrected chi connectivity index (χ2v) is 4.54. The molecule has 0 bridgehead atoms. The average Bonchev–Trinajstić information content (AvgIpc) is 2.34. The Morgan fingerprint density at radius 3 is 2.56 bits per heavy atom. The largest absolute Gasteiger partial charge is 0.327 e. The van der Waals surface area contributed by atoms with Gasteiger partial charge in [-0.25, -0.2) is 0 Å². The summed E-state index contributed by atoms with van der Waals surface area (Å²) in [7, 11) is 1.90. The summed E-state index contributed by atoms with van der Waals surface area (Å²) in [5, 5.41) is 3.08. The van der Waals surface area contributed by atoms with Crippen LogP contribution in [0.3, 0.4) is 0 Å². The van der Waals surface area contributed by atoms with Crippen LogP contribution in [-0.4, -0.2) is 39.4 Å². The summed E-state index contributed by atoms with van der Waals surface area (Å²) in [6, 6.07) is 0.0720. The first-order valence-electron chi connectivity index (χ1n) is 6.52. The van der Waals surface area contributed by atoms with E-state index in [1.54, 1.807) is 0 Å². The van der Waals surface area contributed by atoms with Crippen molar-refractivity contribution in [2.75, 3.05) is 26.7 Å². The molecule has 0 saturated heterocycles. The lowest BCUT2D eigenvalue weighted by Gasteiger charge is -2.18.